The second-order valence-corrected chi connectivity index (χ2v) is 4.19. The summed E-state index contributed by atoms with van der Waals surface area (Å²) in [6.45, 7) is 2.14. The molecule has 0 heterocycles. The Morgan fingerprint density at radius 2 is 2.23 bits per heavy atom. The highest BCUT2D eigenvalue weighted by Gasteiger charge is 2.26. The molecule has 1 aliphatic rings. The first-order chi connectivity index (χ1) is 6.25. The van der Waals surface area contributed by atoms with Crippen LogP contribution in [0.15, 0.2) is 24.3 Å². The zero-order valence-corrected chi connectivity index (χ0v) is 8.16. The summed E-state index contributed by atoms with van der Waals surface area (Å²) in [6.07, 6.45) is 3.70. The molecule has 0 saturated heterocycles. The highest BCUT2D eigenvalue weighted by atomic mass is 14.7. The zero-order valence-electron chi connectivity index (χ0n) is 8.16. The van der Waals surface area contributed by atoms with Crippen LogP contribution in [0.2, 0.25) is 0 Å². The van der Waals surface area contributed by atoms with Gasteiger partial charge in [-0.05, 0) is 37.7 Å². The van der Waals surface area contributed by atoms with Gasteiger partial charge in [0.15, 0.2) is 0 Å². The summed E-state index contributed by atoms with van der Waals surface area (Å²) in [5.41, 5.74) is 8.71. The maximum atomic E-state index is 5.91. The lowest BCUT2D eigenvalue weighted by Gasteiger charge is -2.33. The molecule has 1 aromatic carbocycles. The van der Waals surface area contributed by atoms with Crippen LogP contribution in [0.25, 0.3) is 0 Å². The van der Waals surface area contributed by atoms with Crippen molar-refractivity contribution in [3.8, 4) is 0 Å². The number of benzene rings is 1. The van der Waals surface area contributed by atoms with Crippen LogP contribution in [0.4, 0.5) is 0 Å². The molecule has 2 N–H and O–H groups in total. The molecule has 0 spiro atoms. The van der Waals surface area contributed by atoms with E-state index in [-0.39, 0.29) is 0 Å². The molecule has 1 aromatic rings. The summed E-state index contributed by atoms with van der Waals surface area (Å²) in [6, 6.07) is 9.21. The monoisotopic (exact) mass is 175 g/mol. The van der Waals surface area contributed by atoms with E-state index in [1.807, 2.05) is 0 Å². The van der Waals surface area contributed by atoms with E-state index >= 15 is 0 Å². The van der Waals surface area contributed by atoms with Crippen molar-refractivity contribution in [1.82, 2.24) is 0 Å². The summed E-state index contributed by atoms with van der Waals surface area (Å²) in [4.78, 5) is 0. The predicted octanol–water partition coefficient (Wildman–Crippen LogP) is 2.27. The van der Waals surface area contributed by atoms with Crippen LogP contribution in [0.1, 0.15) is 24.0 Å². The SMILES string of the molecule is Cc1cccc(CC2CCC2N)c1. The largest absolute Gasteiger partial charge is 0.327 e. The maximum Gasteiger partial charge on any atom is 0.00704 e. The normalized spacial score (nSPS) is 26.9. The van der Waals surface area contributed by atoms with Crippen LogP contribution in [0, 0.1) is 12.8 Å². The molecule has 0 amide bonds. The minimum atomic E-state index is 0.459. The molecule has 1 heteroatoms. The quantitative estimate of drug-likeness (QED) is 0.733. The van der Waals surface area contributed by atoms with Crippen molar-refractivity contribution in [1.29, 1.82) is 0 Å². The average Bonchev–Trinajstić information content (AvgIpc) is 2.12. The summed E-state index contributed by atoms with van der Waals surface area (Å²) in [5, 5.41) is 0. The van der Waals surface area contributed by atoms with Gasteiger partial charge in [0.1, 0.15) is 0 Å². The van der Waals surface area contributed by atoms with Crippen LogP contribution in [-0.4, -0.2) is 6.04 Å². The molecule has 1 aliphatic carbocycles. The number of hydrogen-bond acceptors (Lipinski definition) is 1. The number of rotatable bonds is 2. The summed E-state index contributed by atoms with van der Waals surface area (Å²) in [7, 11) is 0. The second-order valence-electron chi connectivity index (χ2n) is 4.19. The van der Waals surface area contributed by atoms with Crippen LogP contribution in [-0.2, 0) is 6.42 Å². The molecule has 2 rings (SSSR count). The van der Waals surface area contributed by atoms with Gasteiger partial charge in [-0.1, -0.05) is 29.8 Å². The lowest BCUT2D eigenvalue weighted by molar-refractivity contribution is 0.256. The molecule has 13 heavy (non-hydrogen) atoms. The van der Waals surface area contributed by atoms with Gasteiger partial charge in [-0.15, -0.1) is 0 Å². The minimum absolute atomic E-state index is 0.459. The maximum absolute atomic E-state index is 5.91. The fourth-order valence-corrected chi connectivity index (χ4v) is 1.99. The van der Waals surface area contributed by atoms with Gasteiger partial charge >= 0.3 is 0 Å². The van der Waals surface area contributed by atoms with Crippen molar-refractivity contribution in [3.05, 3.63) is 35.4 Å². The van der Waals surface area contributed by atoms with Crippen molar-refractivity contribution in [3.63, 3.8) is 0 Å². The lowest BCUT2D eigenvalue weighted by Crippen LogP contribution is -2.40. The van der Waals surface area contributed by atoms with E-state index in [1.165, 1.54) is 30.4 Å². The Hall–Kier alpha value is -0.820. The molecule has 1 fully saturated rings. The minimum Gasteiger partial charge on any atom is -0.327 e. The van der Waals surface area contributed by atoms with Gasteiger partial charge in [-0.25, -0.2) is 0 Å². The molecule has 1 nitrogen and oxygen atoms in total. The number of hydrogen-bond donors (Lipinski definition) is 1. The van der Waals surface area contributed by atoms with E-state index in [0.29, 0.717) is 6.04 Å². The van der Waals surface area contributed by atoms with Crippen molar-refractivity contribution >= 4 is 0 Å². The molecule has 0 aromatic heterocycles. The third-order valence-corrected chi connectivity index (χ3v) is 3.06. The molecular weight excluding hydrogens is 158 g/mol. The van der Waals surface area contributed by atoms with Crippen molar-refractivity contribution in [2.24, 2.45) is 11.7 Å². The van der Waals surface area contributed by atoms with E-state index in [2.05, 4.69) is 31.2 Å². The summed E-state index contributed by atoms with van der Waals surface area (Å²) < 4.78 is 0. The van der Waals surface area contributed by atoms with Gasteiger partial charge in [0, 0.05) is 6.04 Å². The van der Waals surface area contributed by atoms with Gasteiger partial charge in [0.25, 0.3) is 0 Å². The first-order valence-electron chi connectivity index (χ1n) is 5.07. The van der Waals surface area contributed by atoms with Gasteiger partial charge < -0.3 is 5.73 Å². The van der Waals surface area contributed by atoms with Crippen molar-refractivity contribution in [2.45, 2.75) is 32.2 Å². The Labute approximate surface area is 80.0 Å². The molecule has 70 valence electrons. The van der Waals surface area contributed by atoms with E-state index in [0.717, 1.165) is 5.92 Å². The van der Waals surface area contributed by atoms with Gasteiger partial charge in [-0.2, -0.15) is 0 Å². The highest BCUT2D eigenvalue weighted by molar-refractivity contribution is 5.23. The fourth-order valence-electron chi connectivity index (χ4n) is 1.99. The average molecular weight is 175 g/mol. The van der Waals surface area contributed by atoms with Crippen LogP contribution in [0.5, 0.6) is 0 Å². The van der Waals surface area contributed by atoms with E-state index in [4.69, 9.17) is 5.73 Å². The van der Waals surface area contributed by atoms with Gasteiger partial charge in [-0.3, -0.25) is 0 Å². The Balaban J connectivity index is 2.01. The van der Waals surface area contributed by atoms with E-state index in [9.17, 15) is 0 Å². The Kier molecular flexibility index (Phi) is 2.36. The van der Waals surface area contributed by atoms with Crippen LogP contribution < -0.4 is 5.73 Å². The molecule has 2 atom stereocenters. The summed E-state index contributed by atoms with van der Waals surface area (Å²) >= 11 is 0. The van der Waals surface area contributed by atoms with Crippen LogP contribution in [0.3, 0.4) is 0 Å². The predicted molar refractivity (Wildman–Crippen MR) is 55.6 cm³/mol. The molecule has 1 saturated carbocycles. The fraction of sp³-hybridized carbons (Fsp3) is 0.500. The third-order valence-electron chi connectivity index (χ3n) is 3.06. The first-order valence-corrected chi connectivity index (χ1v) is 5.07. The second kappa shape index (κ2) is 3.51. The molecule has 0 aliphatic heterocycles. The van der Waals surface area contributed by atoms with Crippen molar-refractivity contribution < 1.29 is 0 Å². The topological polar surface area (TPSA) is 26.0 Å². The number of aryl methyl sites for hydroxylation is 1. The van der Waals surface area contributed by atoms with Gasteiger partial charge in [0.2, 0.25) is 0 Å². The van der Waals surface area contributed by atoms with Crippen LogP contribution >= 0.6 is 0 Å². The Morgan fingerprint density at radius 1 is 1.38 bits per heavy atom. The summed E-state index contributed by atoms with van der Waals surface area (Å²) in [5.74, 6) is 0.738. The molecule has 2 unspecified atom stereocenters. The van der Waals surface area contributed by atoms with E-state index < -0.39 is 0 Å². The van der Waals surface area contributed by atoms with Gasteiger partial charge in [0.05, 0.1) is 0 Å². The number of nitrogens with two attached hydrogens (primary N) is 1. The molecule has 0 radical (unpaired) electrons. The third kappa shape index (κ3) is 1.92. The lowest BCUT2D eigenvalue weighted by atomic mass is 9.76. The molecular formula is C12H17N. The standard InChI is InChI=1S/C12H17N/c1-9-3-2-4-10(7-9)8-11-5-6-12(11)13/h2-4,7,11-12H,5-6,8,13H2,1H3. The zero-order chi connectivity index (χ0) is 9.26. The smallest absolute Gasteiger partial charge is 0.00704 e. The highest BCUT2D eigenvalue weighted by Crippen LogP contribution is 2.28. The molecule has 0 bridgehead atoms. The Morgan fingerprint density at radius 3 is 2.77 bits per heavy atom. The van der Waals surface area contributed by atoms with Crippen molar-refractivity contribution in [2.75, 3.05) is 0 Å². The first kappa shape index (κ1) is 8.76. The Bertz CT molecular complexity index is 293. The van der Waals surface area contributed by atoms with E-state index in [1.54, 1.807) is 0 Å².